The van der Waals surface area contributed by atoms with Crippen LogP contribution in [0.4, 0.5) is 32.4 Å². The van der Waals surface area contributed by atoms with Gasteiger partial charge in [0.2, 0.25) is 15.9 Å². The lowest BCUT2D eigenvalue weighted by atomic mass is 9.83. The second kappa shape index (κ2) is 14.0. The molecule has 2 bridgehead atoms. The van der Waals surface area contributed by atoms with Gasteiger partial charge in [0.1, 0.15) is 17.7 Å². The van der Waals surface area contributed by atoms with Crippen molar-refractivity contribution in [2.75, 3.05) is 24.2 Å². The van der Waals surface area contributed by atoms with Crippen LogP contribution in [0.3, 0.4) is 0 Å². The maximum absolute atomic E-state index is 15.3. The molecule has 252 valence electrons. The zero-order valence-electron chi connectivity index (χ0n) is 24.9. The molecule has 2 fully saturated rings. The number of piperazine rings is 1. The molecule has 3 unspecified atom stereocenters. The molecule has 9 nitrogen and oxygen atoms in total. The summed E-state index contributed by atoms with van der Waals surface area (Å²) in [6.07, 6.45) is -4.95. The van der Waals surface area contributed by atoms with E-state index in [0.717, 1.165) is 36.8 Å². The highest BCUT2D eigenvalue weighted by Crippen LogP contribution is 2.35. The number of carboxylic acid groups (broad SMARTS) is 1. The van der Waals surface area contributed by atoms with Crippen LogP contribution in [-0.2, 0) is 27.4 Å². The van der Waals surface area contributed by atoms with Crippen LogP contribution < -0.4 is 16.0 Å². The first kappa shape index (κ1) is 34.3. The Bertz CT molecular complexity index is 1720. The Kier molecular flexibility index (Phi) is 10.2. The topological polar surface area (TPSA) is 128 Å². The monoisotopic (exact) mass is 680 g/mol. The maximum Gasteiger partial charge on any atom is 0.416 e. The molecule has 5 rings (SSSR count). The predicted octanol–water partition coefficient (Wildman–Crippen LogP) is 5.09. The van der Waals surface area contributed by atoms with Crippen molar-refractivity contribution in [2.24, 2.45) is 0 Å². The van der Waals surface area contributed by atoms with E-state index < -0.39 is 63.4 Å². The van der Waals surface area contributed by atoms with E-state index in [1.807, 2.05) is 0 Å². The molecule has 0 aliphatic carbocycles. The summed E-state index contributed by atoms with van der Waals surface area (Å²) in [4.78, 5) is 25.8. The van der Waals surface area contributed by atoms with Gasteiger partial charge in [-0.25, -0.2) is 22.0 Å². The van der Waals surface area contributed by atoms with Gasteiger partial charge in [0.05, 0.1) is 11.3 Å². The first-order chi connectivity index (χ1) is 22.2. The first-order valence-corrected chi connectivity index (χ1v) is 16.6. The van der Waals surface area contributed by atoms with Crippen LogP contribution in [0.15, 0.2) is 66.7 Å². The summed E-state index contributed by atoms with van der Waals surface area (Å²) in [5.41, 5.74) is -0.961. The fraction of sp³-hybridized carbons (Fsp3) is 0.375. The Balaban J connectivity index is 1.46. The number of alkyl halides is 3. The van der Waals surface area contributed by atoms with Gasteiger partial charge in [-0.15, -0.1) is 0 Å². The number of anilines is 1. The van der Waals surface area contributed by atoms with E-state index in [0.29, 0.717) is 19.5 Å². The van der Waals surface area contributed by atoms with E-state index in [1.165, 1.54) is 40.7 Å². The highest BCUT2D eigenvalue weighted by molar-refractivity contribution is 7.89. The van der Waals surface area contributed by atoms with Crippen molar-refractivity contribution in [3.05, 3.63) is 101 Å². The van der Waals surface area contributed by atoms with Crippen LogP contribution in [0.25, 0.3) is 0 Å². The van der Waals surface area contributed by atoms with Crippen molar-refractivity contribution in [3.8, 4) is 0 Å². The van der Waals surface area contributed by atoms with Crippen LogP contribution >= 0.6 is 0 Å². The molecular formula is C32H33F5N4O5S. The summed E-state index contributed by atoms with van der Waals surface area (Å²) < 4.78 is 97.3. The summed E-state index contributed by atoms with van der Waals surface area (Å²) >= 11 is 0. The number of halogens is 5. The number of benzene rings is 3. The zero-order valence-corrected chi connectivity index (χ0v) is 25.8. The highest BCUT2D eigenvalue weighted by Gasteiger charge is 2.39. The standard InChI is InChI=1S/C32H33F5N4O5S/c33-22-11-9-19(10-12-22)28(20-4-1-5-21(16-20)32(35,36)37)29(40-31(43)44)30(42)39-27-8-2-7-26(34)25(27)14-13-24-17-38-23-6-3-15-47(45,46)41(24)18-23/h1-2,4-5,7-12,16,23-24,28-29,38,40H,3,6,13-15,17-18H2,(H,39,42)(H,43,44)/t23?,24?,28-,29-/m0/s1. The lowest BCUT2D eigenvalue weighted by Gasteiger charge is -2.37. The van der Waals surface area contributed by atoms with Gasteiger partial charge in [-0.1, -0.05) is 36.4 Å². The maximum atomic E-state index is 15.3. The normalized spacial score (nSPS) is 22.0. The molecule has 2 heterocycles. The second-order valence-electron chi connectivity index (χ2n) is 11.7. The fourth-order valence-electron chi connectivity index (χ4n) is 6.29. The molecule has 15 heteroatoms. The molecule has 2 aliphatic heterocycles. The van der Waals surface area contributed by atoms with Crippen molar-refractivity contribution in [1.29, 1.82) is 0 Å². The van der Waals surface area contributed by atoms with Gasteiger partial charge in [0.25, 0.3) is 0 Å². The van der Waals surface area contributed by atoms with Gasteiger partial charge >= 0.3 is 12.3 Å². The van der Waals surface area contributed by atoms with Crippen molar-refractivity contribution >= 4 is 27.7 Å². The number of carbonyl (C=O) groups is 2. The second-order valence-corrected chi connectivity index (χ2v) is 13.7. The van der Waals surface area contributed by atoms with Crippen LogP contribution in [0.2, 0.25) is 0 Å². The number of carbonyl (C=O) groups excluding carboxylic acids is 1. The Morgan fingerprint density at radius 3 is 2.45 bits per heavy atom. The van der Waals surface area contributed by atoms with Crippen LogP contribution in [0.5, 0.6) is 0 Å². The van der Waals surface area contributed by atoms with E-state index in [1.54, 1.807) is 0 Å². The molecule has 0 radical (unpaired) electrons. The van der Waals surface area contributed by atoms with Gasteiger partial charge in [0, 0.05) is 42.3 Å². The average molecular weight is 681 g/mol. The molecule has 2 amide bonds. The van der Waals surface area contributed by atoms with E-state index in [-0.39, 0.29) is 47.0 Å². The number of hydrogen-bond acceptors (Lipinski definition) is 5. The fourth-order valence-corrected chi connectivity index (χ4v) is 8.09. The average Bonchev–Trinajstić information content (AvgIpc) is 3.12. The highest BCUT2D eigenvalue weighted by atomic mass is 32.2. The summed E-state index contributed by atoms with van der Waals surface area (Å²) in [5.74, 6) is -3.71. The molecule has 4 N–H and O–H groups in total. The molecule has 0 aromatic heterocycles. The molecule has 2 saturated heterocycles. The number of rotatable bonds is 9. The Morgan fingerprint density at radius 1 is 1.02 bits per heavy atom. The van der Waals surface area contributed by atoms with Crippen LogP contribution in [0, 0.1) is 11.6 Å². The van der Waals surface area contributed by atoms with Crippen LogP contribution in [-0.4, -0.2) is 66.8 Å². The third-order valence-electron chi connectivity index (χ3n) is 8.56. The summed E-state index contributed by atoms with van der Waals surface area (Å²) in [7, 11) is -3.51. The lowest BCUT2D eigenvalue weighted by Crippen LogP contribution is -2.57. The lowest BCUT2D eigenvalue weighted by molar-refractivity contribution is -0.137. The van der Waals surface area contributed by atoms with Crippen molar-refractivity contribution < 1.29 is 45.1 Å². The van der Waals surface area contributed by atoms with Gasteiger partial charge in [-0.3, -0.25) is 4.79 Å². The molecule has 3 aromatic carbocycles. The van der Waals surface area contributed by atoms with Crippen molar-refractivity contribution in [1.82, 2.24) is 14.9 Å². The predicted molar refractivity (Wildman–Crippen MR) is 163 cm³/mol. The number of nitrogens with zero attached hydrogens (tertiary/aromatic N) is 1. The van der Waals surface area contributed by atoms with Crippen molar-refractivity contribution in [2.45, 2.75) is 55.9 Å². The van der Waals surface area contributed by atoms with Gasteiger partial charge in [0.15, 0.2) is 0 Å². The molecule has 0 saturated carbocycles. The zero-order chi connectivity index (χ0) is 33.9. The van der Waals surface area contributed by atoms with E-state index in [9.17, 15) is 40.7 Å². The van der Waals surface area contributed by atoms with Crippen LogP contribution in [0.1, 0.15) is 47.4 Å². The number of amides is 2. The molecular weight excluding hydrogens is 647 g/mol. The minimum absolute atomic E-state index is 0.0113. The van der Waals surface area contributed by atoms with E-state index in [2.05, 4.69) is 16.0 Å². The quantitative estimate of drug-likeness (QED) is 0.233. The number of nitrogens with one attached hydrogen (secondary N) is 3. The largest absolute Gasteiger partial charge is 0.465 e. The van der Waals surface area contributed by atoms with Crippen molar-refractivity contribution in [3.63, 3.8) is 0 Å². The third-order valence-corrected chi connectivity index (χ3v) is 10.5. The Labute approximate surface area is 268 Å². The molecule has 5 atom stereocenters. The SMILES string of the molecule is O=C(O)N[C@H](C(=O)Nc1cccc(F)c1CCC1CNC2CCCS(=O)(=O)N1C2)[C@@H](c1ccc(F)cc1)c1cccc(C(F)(F)F)c1. The van der Waals surface area contributed by atoms with Gasteiger partial charge in [-0.2, -0.15) is 17.5 Å². The third kappa shape index (κ3) is 8.08. The van der Waals surface area contributed by atoms with E-state index in [4.69, 9.17) is 0 Å². The van der Waals surface area contributed by atoms with E-state index >= 15 is 4.39 Å². The minimum Gasteiger partial charge on any atom is -0.465 e. The summed E-state index contributed by atoms with van der Waals surface area (Å²) in [5, 5.41) is 17.6. The Hall–Kier alpha value is -4.08. The smallest absolute Gasteiger partial charge is 0.416 e. The number of hydrogen-bond donors (Lipinski definition) is 4. The first-order valence-electron chi connectivity index (χ1n) is 15.0. The minimum atomic E-state index is -4.75. The molecule has 47 heavy (non-hydrogen) atoms. The summed E-state index contributed by atoms with van der Waals surface area (Å²) in [6.45, 7) is 0.664. The Morgan fingerprint density at radius 2 is 1.74 bits per heavy atom. The summed E-state index contributed by atoms with van der Waals surface area (Å²) in [6, 6.07) is 10.2. The van der Waals surface area contributed by atoms with Gasteiger partial charge in [-0.05, 0) is 67.1 Å². The van der Waals surface area contributed by atoms with Gasteiger partial charge < -0.3 is 21.1 Å². The molecule has 3 aromatic rings. The number of fused-ring (bicyclic) bond motifs is 2. The molecule has 0 spiro atoms. The molecule has 2 aliphatic rings. The number of sulfonamides is 1.